The third-order valence-electron chi connectivity index (χ3n) is 14.6. The summed E-state index contributed by atoms with van der Waals surface area (Å²) in [5.41, 5.74) is 2.27. The van der Waals surface area contributed by atoms with E-state index in [-0.39, 0.29) is 47.4 Å². The van der Waals surface area contributed by atoms with Crippen molar-refractivity contribution in [3.63, 3.8) is 0 Å². The van der Waals surface area contributed by atoms with E-state index in [1.807, 2.05) is 27.0 Å². The van der Waals surface area contributed by atoms with E-state index >= 15 is 0 Å². The maximum atomic E-state index is 13.7. The predicted molar refractivity (Wildman–Crippen MR) is 199 cm³/mol. The minimum absolute atomic E-state index is 0.0721. The summed E-state index contributed by atoms with van der Waals surface area (Å²) < 4.78 is 73.4. The number of methoxy groups -OCH3 is 3. The largest absolute Gasteiger partial charge is 0.469 e. The van der Waals surface area contributed by atoms with Gasteiger partial charge in [-0.1, -0.05) is 18.6 Å². The molecule has 0 aromatic carbocycles. The third-order valence-corrected chi connectivity index (χ3v) is 14.6. The first-order valence-electron chi connectivity index (χ1n) is 21.0. The lowest BCUT2D eigenvalue weighted by atomic mass is 9.55. The van der Waals surface area contributed by atoms with E-state index in [1.54, 1.807) is 28.3 Å². The van der Waals surface area contributed by atoms with Crippen molar-refractivity contribution in [1.82, 2.24) is 0 Å². The molecule has 57 heavy (non-hydrogen) atoms. The van der Waals surface area contributed by atoms with Gasteiger partial charge in [-0.3, -0.25) is 4.79 Å². The number of ether oxygens (including phenoxy) is 12. The summed E-state index contributed by atoms with van der Waals surface area (Å²) in [4.78, 5) is 13.7. The van der Waals surface area contributed by atoms with Crippen LogP contribution in [0.25, 0.3) is 0 Å². The standard InChI is InChI=1S/C42H64O15/c1-20-34(43)28(46-6)16-31(51-20)56-36-21(2)52-32(17-29(36)47-7)57-37-22(3)53-40(35(44)38(37)48-8)54-25-13-14-41(4)24(15-25)10-11-26-27(41)12-9-23-18-49-42(5)33(23)30(19-50-42)55-39(26)45/h10,18,20-22,25-38,40,43-44H,9,11-17,19H2,1-8H3/t20-,21-,22-,25+,26+,27+,28+,29+,30-,31+,32+,33-,34-,35-,36-,37-,38-,40+,41+,42+/m1/s1. The summed E-state index contributed by atoms with van der Waals surface area (Å²) in [6, 6.07) is 0. The fourth-order valence-corrected chi connectivity index (χ4v) is 11.3. The van der Waals surface area contributed by atoms with E-state index in [0.717, 1.165) is 25.7 Å². The lowest BCUT2D eigenvalue weighted by molar-refractivity contribution is -0.353. The van der Waals surface area contributed by atoms with Gasteiger partial charge in [-0.15, -0.1) is 0 Å². The van der Waals surface area contributed by atoms with Crippen LogP contribution >= 0.6 is 0 Å². The Hall–Kier alpha value is -1.73. The van der Waals surface area contributed by atoms with Crippen molar-refractivity contribution in [3.8, 4) is 0 Å². The minimum Gasteiger partial charge on any atom is -0.469 e. The SMILES string of the molecule is CO[C@@H]1[C@@H](O)[C@H](O[C@H]2CC[C@@]3(C)C(=CC[C@@H]4C(=O)O[C@@H]5CO[C@]6(C)OC=C(CC[C@@H]43)[C@H]56)C2)O[C@H](C)[C@H]1O[C@H]1C[C@H](OC)[C@H](O[C@H]2C[C@H](OC)[C@H](O)[C@@H](C)O2)[C@@H](C)O1. The molecule has 0 radical (unpaired) electrons. The van der Waals surface area contributed by atoms with Crippen molar-refractivity contribution < 1.29 is 71.8 Å². The monoisotopic (exact) mass is 808 g/mol. The molecule has 2 aliphatic carbocycles. The Labute approximate surface area is 335 Å². The summed E-state index contributed by atoms with van der Waals surface area (Å²) in [5, 5.41) is 22.0. The van der Waals surface area contributed by atoms with Crippen LogP contribution in [-0.4, -0.2) is 142 Å². The third kappa shape index (κ3) is 7.76. The van der Waals surface area contributed by atoms with Gasteiger partial charge in [0, 0.05) is 41.1 Å². The molecule has 0 unspecified atom stereocenters. The lowest BCUT2D eigenvalue weighted by Gasteiger charge is -2.51. The Morgan fingerprint density at radius 2 is 1.51 bits per heavy atom. The van der Waals surface area contributed by atoms with E-state index in [4.69, 9.17) is 56.8 Å². The molecule has 6 heterocycles. The van der Waals surface area contributed by atoms with Gasteiger partial charge in [0.1, 0.15) is 36.6 Å². The molecule has 6 aliphatic heterocycles. The number of allylic oxidation sites excluding steroid dienone is 1. The highest BCUT2D eigenvalue weighted by molar-refractivity contribution is 5.74. The molecule has 322 valence electrons. The molecule has 15 heteroatoms. The van der Waals surface area contributed by atoms with Crippen LogP contribution < -0.4 is 0 Å². The Morgan fingerprint density at radius 3 is 2.25 bits per heavy atom. The van der Waals surface area contributed by atoms with Crippen LogP contribution in [0, 0.1) is 23.2 Å². The Kier molecular flexibility index (Phi) is 12.2. The molecule has 6 fully saturated rings. The van der Waals surface area contributed by atoms with Crippen LogP contribution in [0.3, 0.4) is 0 Å². The second-order valence-corrected chi connectivity index (χ2v) is 17.9. The van der Waals surface area contributed by atoms with Crippen LogP contribution in [0.2, 0.25) is 0 Å². The van der Waals surface area contributed by atoms with Crippen molar-refractivity contribution in [3.05, 3.63) is 23.5 Å². The summed E-state index contributed by atoms with van der Waals surface area (Å²) >= 11 is 0. The summed E-state index contributed by atoms with van der Waals surface area (Å²) in [7, 11) is 4.74. The number of hydrogen-bond donors (Lipinski definition) is 2. The smallest absolute Gasteiger partial charge is 0.309 e. The van der Waals surface area contributed by atoms with Gasteiger partial charge < -0.3 is 67.1 Å². The van der Waals surface area contributed by atoms with E-state index in [0.29, 0.717) is 32.3 Å². The Bertz CT molecular complexity index is 1510. The van der Waals surface area contributed by atoms with E-state index in [1.165, 1.54) is 11.1 Å². The zero-order chi connectivity index (χ0) is 40.4. The van der Waals surface area contributed by atoms with Crippen molar-refractivity contribution in [2.45, 2.75) is 184 Å². The quantitative estimate of drug-likeness (QED) is 0.256. The van der Waals surface area contributed by atoms with Crippen molar-refractivity contribution in [2.24, 2.45) is 23.2 Å². The maximum Gasteiger partial charge on any atom is 0.309 e. The fourth-order valence-electron chi connectivity index (χ4n) is 11.3. The fraction of sp³-hybridized carbons (Fsp3) is 0.881. The summed E-state index contributed by atoms with van der Waals surface area (Å²) in [6.07, 6.45) is 0.723. The van der Waals surface area contributed by atoms with Gasteiger partial charge in [0.05, 0.1) is 61.3 Å². The Balaban J connectivity index is 0.877. The molecule has 8 aliphatic rings. The molecular weight excluding hydrogens is 744 g/mol. The second kappa shape index (κ2) is 16.6. The molecule has 0 spiro atoms. The highest BCUT2D eigenvalue weighted by Gasteiger charge is 2.58. The number of aliphatic hydroxyl groups is 2. The highest BCUT2D eigenvalue weighted by atomic mass is 16.8. The first kappa shape index (κ1) is 42.0. The van der Waals surface area contributed by atoms with E-state index in [9.17, 15) is 15.0 Å². The van der Waals surface area contributed by atoms with E-state index in [2.05, 4.69) is 13.0 Å². The van der Waals surface area contributed by atoms with Crippen LogP contribution in [0.5, 0.6) is 0 Å². The number of fused-ring (bicyclic) bond motifs is 3. The van der Waals surface area contributed by atoms with Crippen LogP contribution in [0.15, 0.2) is 23.5 Å². The van der Waals surface area contributed by atoms with E-state index < -0.39 is 79.6 Å². The molecule has 15 nitrogen and oxygen atoms in total. The zero-order valence-corrected chi connectivity index (χ0v) is 34.6. The molecule has 0 amide bonds. The molecule has 0 bridgehead atoms. The number of carbonyl (C=O) groups excluding carboxylic acids is 1. The van der Waals surface area contributed by atoms with Gasteiger partial charge in [-0.05, 0) is 76.2 Å². The predicted octanol–water partition coefficient (Wildman–Crippen LogP) is 3.66. The van der Waals surface area contributed by atoms with Gasteiger partial charge in [0.15, 0.2) is 18.9 Å². The molecule has 0 aromatic heterocycles. The van der Waals surface area contributed by atoms with Crippen LogP contribution in [-0.2, 0) is 61.6 Å². The number of esters is 1. The van der Waals surface area contributed by atoms with Crippen LogP contribution in [0.1, 0.15) is 86.0 Å². The van der Waals surface area contributed by atoms with Gasteiger partial charge in [-0.2, -0.15) is 0 Å². The topological polar surface area (TPSA) is 168 Å². The van der Waals surface area contributed by atoms with Crippen LogP contribution in [0.4, 0.5) is 0 Å². The first-order valence-corrected chi connectivity index (χ1v) is 21.0. The molecule has 0 aromatic rings. The molecule has 20 atom stereocenters. The Morgan fingerprint density at radius 1 is 0.807 bits per heavy atom. The van der Waals surface area contributed by atoms with Gasteiger partial charge in [0.25, 0.3) is 0 Å². The summed E-state index contributed by atoms with van der Waals surface area (Å²) in [6.45, 7) is 10.2. The van der Waals surface area contributed by atoms with Gasteiger partial charge in [-0.25, -0.2) is 0 Å². The lowest BCUT2D eigenvalue weighted by Crippen LogP contribution is -2.61. The average molecular weight is 809 g/mol. The van der Waals surface area contributed by atoms with Gasteiger partial charge >= 0.3 is 5.97 Å². The molecule has 5 saturated heterocycles. The first-order chi connectivity index (χ1) is 27.3. The zero-order valence-electron chi connectivity index (χ0n) is 34.6. The summed E-state index contributed by atoms with van der Waals surface area (Å²) in [5.74, 6) is -1.07. The average Bonchev–Trinajstić information content (AvgIpc) is 3.70. The maximum absolute atomic E-state index is 13.7. The molecule has 1 saturated carbocycles. The number of aliphatic hydroxyl groups excluding tert-OH is 2. The number of hydrogen-bond acceptors (Lipinski definition) is 15. The molecule has 8 rings (SSSR count). The minimum atomic E-state index is -1.13. The number of carbonyl (C=O) groups is 1. The second-order valence-electron chi connectivity index (χ2n) is 17.9. The highest BCUT2D eigenvalue weighted by Crippen LogP contribution is 2.57. The normalized spacial score (nSPS) is 51.2. The van der Waals surface area contributed by atoms with Gasteiger partial charge in [0.2, 0.25) is 5.79 Å². The van der Waals surface area contributed by atoms with Crippen molar-refractivity contribution in [2.75, 3.05) is 27.9 Å². The molecular formula is C42H64O15. The van der Waals surface area contributed by atoms with Crippen molar-refractivity contribution >= 4 is 5.97 Å². The molecule has 2 N–H and O–H groups in total. The van der Waals surface area contributed by atoms with Crippen molar-refractivity contribution in [1.29, 1.82) is 0 Å². The number of rotatable bonds is 9.